The molecule has 0 unspecified atom stereocenters. The van der Waals surface area contributed by atoms with Gasteiger partial charge in [-0.25, -0.2) is 5.48 Å². The predicted octanol–water partition coefficient (Wildman–Crippen LogP) is 3.80. The number of benzene rings is 2. The average molecular weight is 355 g/mol. The van der Waals surface area contributed by atoms with Gasteiger partial charge in [-0.3, -0.25) is 10.0 Å². The lowest BCUT2D eigenvalue weighted by Gasteiger charge is -2.06. The van der Waals surface area contributed by atoms with Gasteiger partial charge in [0.2, 0.25) is 5.91 Å². The summed E-state index contributed by atoms with van der Waals surface area (Å²) in [5.41, 5.74) is 5.10. The van der Waals surface area contributed by atoms with Gasteiger partial charge in [0.15, 0.2) is 0 Å². The Bertz CT molecular complexity index is 601. The van der Waals surface area contributed by atoms with Crippen LogP contribution < -0.4 is 10.8 Å². The molecule has 0 heterocycles. The van der Waals surface area contributed by atoms with Crippen molar-refractivity contribution in [1.29, 1.82) is 0 Å². The lowest BCUT2D eigenvalue weighted by molar-refractivity contribution is -0.129. The summed E-state index contributed by atoms with van der Waals surface area (Å²) in [6, 6.07) is 16.1. The largest absolute Gasteiger partial charge is 0.313 e. The van der Waals surface area contributed by atoms with E-state index in [2.05, 4.69) is 29.6 Å². The summed E-state index contributed by atoms with van der Waals surface area (Å²) in [5.74, 6) is -0.353. The first-order valence-electron chi connectivity index (χ1n) is 7.17. The van der Waals surface area contributed by atoms with Crippen LogP contribution in [0.15, 0.2) is 48.5 Å². The number of rotatable bonds is 7. The third-order valence-corrected chi connectivity index (χ3v) is 3.59. The number of hydrogen-bond donors (Lipinski definition) is 3. The van der Waals surface area contributed by atoms with E-state index in [0.717, 1.165) is 29.2 Å². The van der Waals surface area contributed by atoms with Gasteiger partial charge in [-0.05, 0) is 41.8 Å². The molecule has 0 saturated carbocycles. The van der Waals surface area contributed by atoms with Crippen LogP contribution in [0.5, 0.6) is 0 Å². The van der Waals surface area contributed by atoms with Crippen LogP contribution in [0.4, 0.5) is 0 Å². The monoisotopic (exact) mass is 354 g/mol. The van der Waals surface area contributed by atoms with Gasteiger partial charge in [0.1, 0.15) is 0 Å². The summed E-state index contributed by atoms with van der Waals surface area (Å²) in [6.45, 7) is 1.48. The fourth-order valence-corrected chi connectivity index (χ4v) is 2.25. The molecule has 0 bridgehead atoms. The molecular formula is C17H20Cl2N2O2. The van der Waals surface area contributed by atoms with E-state index in [-0.39, 0.29) is 18.3 Å². The standard InChI is InChI=1S/C17H19ClN2O2.ClH/c18-16-9-7-15(8-10-16)14-5-3-13(4-6-14)12-19-11-1-2-17(21)20-22;/h3-10,19,22H,1-2,11-12H2,(H,20,21);1H. The topological polar surface area (TPSA) is 61.4 Å². The number of hydroxylamine groups is 1. The molecule has 0 aliphatic heterocycles. The van der Waals surface area contributed by atoms with Gasteiger partial charge in [0.25, 0.3) is 0 Å². The lowest BCUT2D eigenvalue weighted by atomic mass is 10.0. The molecule has 124 valence electrons. The molecule has 0 aliphatic rings. The SMILES string of the molecule is Cl.O=C(CCCNCc1ccc(-c2ccc(Cl)cc2)cc1)NO. The third kappa shape index (κ3) is 6.59. The summed E-state index contributed by atoms with van der Waals surface area (Å²) in [5, 5.41) is 12.4. The normalized spacial score (nSPS) is 10.0. The summed E-state index contributed by atoms with van der Waals surface area (Å²) in [6.07, 6.45) is 1.01. The van der Waals surface area contributed by atoms with E-state index in [1.165, 1.54) is 5.56 Å². The van der Waals surface area contributed by atoms with E-state index in [4.69, 9.17) is 16.8 Å². The molecule has 3 N–H and O–H groups in total. The first-order chi connectivity index (χ1) is 10.7. The van der Waals surface area contributed by atoms with Crippen molar-refractivity contribution in [1.82, 2.24) is 10.8 Å². The molecule has 6 heteroatoms. The van der Waals surface area contributed by atoms with Gasteiger partial charge in [0.05, 0.1) is 0 Å². The van der Waals surface area contributed by atoms with Crippen molar-refractivity contribution in [2.45, 2.75) is 19.4 Å². The second-order valence-corrected chi connectivity index (χ2v) is 5.46. The maximum Gasteiger partial charge on any atom is 0.243 e. The van der Waals surface area contributed by atoms with Gasteiger partial charge >= 0.3 is 0 Å². The second-order valence-electron chi connectivity index (χ2n) is 5.02. The van der Waals surface area contributed by atoms with Crippen LogP contribution in [-0.2, 0) is 11.3 Å². The third-order valence-electron chi connectivity index (χ3n) is 3.34. The second kappa shape index (κ2) is 10.2. The molecule has 0 fully saturated rings. The maximum atomic E-state index is 10.8. The fraction of sp³-hybridized carbons (Fsp3) is 0.235. The molecule has 0 spiro atoms. The van der Waals surface area contributed by atoms with Crippen molar-refractivity contribution < 1.29 is 10.0 Å². The molecule has 2 aromatic rings. The predicted molar refractivity (Wildman–Crippen MR) is 95.0 cm³/mol. The Labute approximate surface area is 147 Å². The van der Waals surface area contributed by atoms with Gasteiger partial charge in [0, 0.05) is 18.0 Å². The van der Waals surface area contributed by atoms with E-state index in [0.29, 0.717) is 12.8 Å². The minimum atomic E-state index is -0.353. The quantitative estimate of drug-likeness (QED) is 0.402. The van der Waals surface area contributed by atoms with Crippen molar-refractivity contribution in [3.8, 4) is 11.1 Å². The smallest absolute Gasteiger partial charge is 0.243 e. The number of carbonyl (C=O) groups is 1. The van der Waals surface area contributed by atoms with Crippen molar-refractivity contribution in [3.05, 3.63) is 59.1 Å². The highest BCUT2D eigenvalue weighted by Crippen LogP contribution is 2.21. The molecule has 4 nitrogen and oxygen atoms in total. The fourth-order valence-electron chi connectivity index (χ4n) is 2.12. The minimum absolute atomic E-state index is 0. The van der Waals surface area contributed by atoms with Gasteiger partial charge in [-0.1, -0.05) is 48.0 Å². The Morgan fingerprint density at radius 3 is 2.13 bits per heavy atom. The number of carbonyl (C=O) groups excluding carboxylic acids is 1. The molecule has 0 atom stereocenters. The van der Waals surface area contributed by atoms with Crippen LogP contribution in [0.3, 0.4) is 0 Å². The zero-order valence-electron chi connectivity index (χ0n) is 12.6. The summed E-state index contributed by atoms with van der Waals surface area (Å²) >= 11 is 5.89. The number of amides is 1. The summed E-state index contributed by atoms with van der Waals surface area (Å²) in [4.78, 5) is 10.8. The van der Waals surface area contributed by atoms with Crippen LogP contribution in [0.2, 0.25) is 5.02 Å². The molecule has 1 amide bonds. The number of nitrogens with one attached hydrogen (secondary N) is 2. The van der Waals surface area contributed by atoms with Gasteiger partial charge < -0.3 is 5.32 Å². The maximum absolute atomic E-state index is 10.8. The zero-order chi connectivity index (χ0) is 15.8. The van der Waals surface area contributed by atoms with E-state index in [1.807, 2.05) is 24.3 Å². The van der Waals surface area contributed by atoms with Gasteiger partial charge in [-0.15, -0.1) is 12.4 Å². The molecule has 0 aromatic heterocycles. The summed E-state index contributed by atoms with van der Waals surface area (Å²) in [7, 11) is 0. The number of halogens is 2. The molecule has 23 heavy (non-hydrogen) atoms. The number of hydrogen-bond acceptors (Lipinski definition) is 3. The minimum Gasteiger partial charge on any atom is -0.313 e. The van der Waals surface area contributed by atoms with Crippen molar-refractivity contribution in [2.75, 3.05) is 6.54 Å². The Morgan fingerprint density at radius 1 is 1.00 bits per heavy atom. The Hall–Kier alpha value is -1.59. The molecule has 0 saturated heterocycles. The Morgan fingerprint density at radius 2 is 1.57 bits per heavy atom. The van der Waals surface area contributed by atoms with E-state index >= 15 is 0 Å². The molecule has 2 rings (SSSR count). The molecular weight excluding hydrogens is 335 g/mol. The van der Waals surface area contributed by atoms with Crippen LogP contribution in [0.25, 0.3) is 11.1 Å². The zero-order valence-corrected chi connectivity index (χ0v) is 14.2. The lowest BCUT2D eigenvalue weighted by Crippen LogP contribution is -2.21. The first-order valence-corrected chi connectivity index (χ1v) is 7.55. The van der Waals surface area contributed by atoms with Crippen LogP contribution >= 0.6 is 24.0 Å². The Balaban J connectivity index is 0.00000264. The molecule has 0 aliphatic carbocycles. The van der Waals surface area contributed by atoms with Crippen molar-refractivity contribution in [2.24, 2.45) is 0 Å². The molecule has 0 radical (unpaired) electrons. The van der Waals surface area contributed by atoms with Crippen molar-refractivity contribution in [3.63, 3.8) is 0 Å². The van der Waals surface area contributed by atoms with Crippen molar-refractivity contribution >= 4 is 29.9 Å². The van der Waals surface area contributed by atoms with E-state index in [9.17, 15) is 4.79 Å². The molecule has 2 aromatic carbocycles. The Kier molecular flexibility index (Phi) is 8.66. The highest BCUT2D eigenvalue weighted by atomic mass is 35.5. The summed E-state index contributed by atoms with van der Waals surface area (Å²) < 4.78 is 0. The van der Waals surface area contributed by atoms with Crippen LogP contribution in [0.1, 0.15) is 18.4 Å². The van der Waals surface area contributed by atoms with E-state index in [1.54, 1.807) is 5.48 Å². The first kappa shape index (κ1) is 19.5. The van der Waals surface area contributed by atoms with Crippen LogP contribution in [0, 0.1) is 0 Å². The highest BCUT2D eigenvalue weighted by molar-refractivity contribution is 6.30. The van der Waals surface area contributed by atoms with Gasteiger partial charge in [-0.2, -0.15) is 0 Å². The van der Waals surface area contributed by atoms with E-state index < -0.39 is 0 Å². The highest BCUT2D eigenvalue weighted by Gasteiger charge is 2.00. The van der Waals surface area contributed by atoms with Crippen LogP contribution in [-0.4, -0.2) is 17.7 Å². The average Bonchev–Trinajstić information content (AvgIpc) is 2.55.